The Bertz CT molecular complexity index is 642. The number of ether oxygens (including phenoxy) is 1. The van der Waals surface area contributed by atoms with Gasteiger partial charge in [0.1, 0.15) is 12.7 Å². The number of allylic oxidation sites excluding steroid dienone is 3. The molecule has 5 nitrogen and oxygen atoms in total. The van der Waals surface area contributed by atoms with Gasteiger partial charge in [-0.05, 0) is 59.9 Å². The van der Waals surface area contributed by atoms with Gasteiger partial charge in [0, 0.05) is 22.3 Å². The van der Waals surface area contributed by atoms with E-state index in [0.717, 1.165) is 35.2 Å². The molecule has 0 aromatic carbocycles. The largest absolute Gasteiger partial charge is 0.481 e. The summed E-state index contributed by atoms with van der Waals surface area (Å²) in [7, 11) is 0. The summed E-state index contributed by atoms with van der Waals surface area (Å²) in [5.41, 5.74) is 0. The number of carboxylic acids is 1. The topological polar surface area (TPSA) is 87.0 Å². The number of unbranched alkanes of at least 4 members (excludes halogenated alkanes) is 1. The van der Waals surface area contributed by atoms with Crippen LogP contribution >= 0.6 is 27.3 Å². The SMILES string of the molecule is O=C(O)CCC/C=C\C[C@H]1C(O)CC[C@@H]1/C=C/[C@@H](O)COc1cc(Br)cs1. The van der Waals surface area contributed by atoms with Crippen LogP contribution in [0, 0.1) is 11.8 Å². The lowest BCUT2D eigenvalue weighted by Gasteiger charge is -2.18. The first-order valence-electron chi connectivity index (χ1n) is 9.23. The summed E-state index contributed by atoms with van der Waals surface area (Å²) in [6.45, 7) is 0.201. The van der Waals surface area contributed by atoms with Crippen molar-refractivity contribution >= 4 is 33.2 Å². The molecule has 1 heterocycles. The smallest absolute Gasteiger partial charge is 0.303 e. The van der Waals surface area contributed by atoms with Crippen LogP contribution in [0.4, 0.5) is 0 Å². The minimum Gasteiger partial charge on any atom is -0.481 e. The van der Waals surface area contributed by atoms with Gasteiger partial charge in [-0.3, -0.25) is 4.79 Å². The van der Waals surface area contributed by atoms with E-state index in [0.29, 0.717) is 6.42 Å². The maximum absolute atomic E-state index is 10.5. The molecule has 1 saturated carbocycles. The Morgan fingerprint density at radius 3 is 2.93 bits per heavy atom. The lowest BCUT2D eigenvalue weighted by atomic mass is 9.90. The maximum atomic E-state index is 10.5. The standard InChI is InChI=1S/C20H27BrO5S/c21-15-11-20(27-13-15)26-12-16(22)9-7-14-8-10-18(23)17(14)5-3-1-2-4-6-19(24)25/h1,3,7,9,11,13-14,16-18,22-23H,2,4-6,8,10,12H2,(H,24,25)/b3-1-,9-7+/t14-,16+,17+,18?/m0/s1. The first-order valence-corrected chi connectivity index (χ1v) is 10.9. The third-order valence-corrected chi connectivity index (χ3v) is 6.30. The molecule has 150 valence electrons. The van der Waals surface area contributed by atoms with Crippen LogP contribution in [0.2, 0.25) is 0 Å². The van der Waals surface area contributed by atoms with E-state index >= 15 is 0 Å². The molecule has 1 fully saturated rings. The molecule has 1 unspecified atom stereocenters. The zero-order valence-corrected chi connectivity index (χ0v) is 17.6. The van der Waals surface area contributed by atoms with E-state index in [-0.39, 0.29) is 31.0 Å². The van der Waals surface area contributed by atoms with E-state index < -0.39 is 12.1 Å². The molecule has 7 heteroatoms. The van der Waals surface area contributed by atoms with Crippen molar-refractivity contribution in [2.75, 3.05) is 6.61 Å². The van der Waals surface area contributed by atoms with Crippen molar-refractivity contribution in [2.45, 2.75) is 50.7 Å². The highest BCUT2D eigenvalue weighted by Gasteiger charge is 2.32. The van der Waals surface area contributed by atoms with Gasteiger partial charge in [-0.2, -0.15) is 0 Å². The van der Waals surface area contributed by atoms with E-state index in [9.17, 15) is 15.0 Å². The number of hydrogen-bond donors (Lipinski definition) is 3. The monoisotopic (exact) mass is 458 g/mol. The molecule has 27 heavy (non-hydrogen) atoms. The van der Waals surface area contributed by atoms with Gasteiger partial charge in [0.15, 0.2) is 5.06 Å². The normalized spacial score (nSPS) is 24.0. The zero-order chi connectivity index (χ0) is 19.6. The first-order chi connectivity index (χ1) is 13.0. The summed E-state index contributed by atoms with van der Waals surface area (Å²) in [6.07, 6.45) is 10.8. The van der Waals surface area contributed by atoms with Crippen molar-refractivity contribution in [1.82, 2.24) is 0 Å². The van der Waals surface area contributed by atoms with Gasteiger partial charge >= 0.3 is 5.97 Å². The van der Waals surface area contributed by atoms with Crippen LogP contribution in [0.3, 0.4) is 0 Å². The lowest BCUT2D eigenvalue weighted by Crippen LogP contribution is -2.19. The number of carbonyl (C=O) groups is 1. The predicted molar refractivity (Wildman–Crippen MR) is 110 cm³/mol. The lowest BCUT2D eigenvalue weighted by molar-refractivity contribution is -0.137. The summed E-state index contributed by atoms with van der Waals surface area (Å²) in [4.78, 5) is 10.5. The van der Waals surface area contributed by atoms with Crippen molar-refractivity contribution in [2.24, 2.45) is 11.8 Å². The quantitative estimate of drug-likeness (QED) is 0.338. The fourth-order valence-electron chi connectivity index (χ4n) is 3.25. The van der Waals surface area contributed by atoms with Crippen molar-refractivity contribution in [1.29, 1.82) is 0 Å². The van der Waals surface area contributed by atoms with Crippen LogP contribution in [0.15, 0.2) is 40.2 Å². The minimum absolute atomic E-state index is 0.137. The third-order valence-electron chi connectivity index (χ3n) is 4.70. The van der Waals surface area contributed by atoms with Gasteiger partial charge in [0.25, 0.3) is 0 Å². The molecule has 1 aliphatic rings. The fourth-order valence-corrected chi connectivity index (χ4v) is 4.52. The van der Waals surface area contributed by atoms with Crippen LogP contribution in [-0.4, -0.2) is 40.1 Å². The van der Waals surface area contributed by atoms with Gasteiger partial charge in [-0.25, -0.2) is 0 Å². The molecule has 4 atom stereocenters. The van der Waals surface area contributed by atoms with Crippen LogP contribution < -0.4 is 4.74 Å². The van der Waals surface area contributed by atoms with Crippen molar-refractivity contribution in [3.05, 3.63) is 40.2 Å². The molecule has 3 N–H and O–H groups in total. The van der Waals surface area contributed by atoms with Crippen molar-refractivity contribution in [3.8, 4) is 5.06 Å². The molecule has 0 spiro atoms. The Balaban J connectivity index is 1.74. The van der Waals surface area contributed by atoms with Crippen LogP contribution in [0.5, 0.6) is 5.06 Å². The van der Waals surface area contributed by atoms with Gasteiger partial charge in [0.2, 0.25) is 0 Å². The molecule has 0 saturated heterocycles. The number of aliphatic carboxylic acids is 1. The molecular formula is C20H27BrO5S. The van der Waals surface area contributed by atoms with E-state index in [1.54, 1.807) is 6.08 Å². The fraction of sp³-hybridized carbons (Fsp3) is 0.550. The number of thiophene rings is 1. The van der Waals surface area contributed by atoms with Crippen molar-refractivity contribution < 1.29 is 24.9 Å². The van der Waals surface area contributed by atoms with E-state index in [1.165, 1.54) is 11.3 Å². The van der Waals surface area contributed by atoms with Gasteiger partial charge in [0.05, 0.1) is 6.10 Å². The first kappa shape index (κ1) is 22.1. The van der Waals surface area contributed by atoms with E-state index in [2.05, 4.69) is 15.9 Å². The number of hydrogen-bond acceptors (Lipinski definition) is 5. The molecule has 1 aromatic rings. The Morgan fingerprint density at radius 1 is 1.41 bits per heavy atom. The summed E-state index contributed by atoms with van der Waals surface area (Å²) >= 11 is 4.84. The highest BCUT2D eigenvalue weighted by molar-refractivity contribution is 9.10. The molecule has 1 aromatic heterocycles. The number of rotatable bonds is 11. The van der Waals surface area contributed by atoms with E-state index in [1.807, 2.05) is 29.7 Å². The van der Waals surface area contributed by atoms with Crippen LogP contribution in [-0.2, 0) is 4.79 Å². The molecule has 0 aliphatic heterocycles. The minimum atomic E-state index is -0.769. The molecule has 2 rings (SSSR count). The average molecular weight is 459 g/mol. The number of carboxylic acid groups (broad SMARTS) is 1. The summed E-state index contributed by atoms with van der Waals surface area (Å²) in [5, 5.41) is 31.6. The van der Waals surface area contributed by atoms with Gasteiger partial charge in [-0.1, -0.05) is 24.3 Å². The van der Waals surface area contributed by atoms with Gasteiger partial charge in [-0.15, -0.1) is 11.3 Å². The molecule has 0 bridgehead atoms. The Hall–Kier alpha value is -1.15. The third kappa shape index (κ3) is 8.17. The molecule has 0 radical (unpaired) electrons. The predicted octanol–water partition coefficient (Wildman–Crippen LogP) is 4.39. The molecule has 0 amide bonds. The Labute approximate surface area is 172 Å². The number of aliphatic hydroxyl groups is 2. The second kappa shape index (κ2) is 11.6. The average Bonchev–Trinajstić information content (AvgIpc) is 3.20. The molecular weight excluding hydrogens is 432 g/mol. The zero-order valence-electron chi connectivity index (χ0n) is 15.2. The van der Waals surface area contributed by atoms with Crippen molar-refractivity contribution in [3.63, 3.8) is 0 Å². The summed E-state index contributed by atoms with van der Waals surface area (Å²) in [6, 6.07) is 1.87. The van der Waals surface area contributed by atoms with Crippen LogP contribution in [0.25, 0.3) is 0 Å². The maximum Gasteiger partial charge on any atom is 0.303 e. The van der Waals surface area contributed by atoms with Gasteiger partial charge < -0.3 is 20.1 Å². The molecule has 1 aliphatic carbocycles. The highest BCUT2D eigenvalue weighted by atomic mass is 79.9. The van der Waals surface area contributed by atoms with Crippen LogP contribution in [0.1, 0.15) is 38.5 Å². The highest BCUT2D eigenvalue weighted by Crippen LogP contribution is 2.36. The Morgan fingerprint density at radius 2 is 2.22 bits per heavy atom. The number of halogens is 1. The number of aliphatic hydroxyl groups excluding tert-OH is 2. The second-order valence-electron chi connectivity index (χ2n) is 6.81. The summed E-state index contributed by atoms with van der Waals surface area (Å²) < 4.78 is 6.52. The van der Waals surface area contributed by atoms with E-state index in [4.69, 9.17) is 9.84 Å². The second-order valence-corrected chi connectivity index (χ2v) is 8.60. The summed E-state index contributed by atoms with van der Waals surface area (Å²) in [5.74, 6) is -0.401. The Kier molecular flexibility index (Phi) is 9.54.